The molecule has 1 amide bonds. The van der Waals surface area contributed by atoms with Crippen molar-refractivity contribution in [2.24, 2.45) is 0 Å². The van der Waals surface area contributed by atoms with Gasteiger partial charge in [-0.15, -0.1) is 0 Å². The van der Waals surface area contributed by atoms with E-state index < -0.39 is 0 Å². The summed E-state index contributed by atoms with van der Waals surface area (Å²) in [7, 11) is 0. The van der Waals surface area contributed by atoms with E-state index in [1.54, 1.807) is 12.3 Å². The number of aryl methyl sites for hydroxylation is 2. The Bertz CT molecular complexity index is 1040. The second-order valence-electron chi connectivity index (χ2n) is 6.79. The number of nitrogens with one attached hydrogen (secondary N) is 1. The van der Waals surface area contributed by atoms with E-state index in [0.29, 0.717) is 11.9 Å². The highest BCUT2D eigenvalue weighted by Crippen LogP contribution is 2.29. The maximum Gasteiger partial charge on any atom is 0.257 e. The highest BCUT2D eigenvalue weighted by atomic mass is 16.2. The van der Waals surface area contributed by atoms with E-state index in [1.165, 1.54) is 11.1 Å². The summed E-state index contributed by atoms with van der Waals surface area (Å²) in [6.45, 7) is 2.71. The number of rotatable bonds is 3. The number of pyridine rings is 1. The number of nitrogens with zero attached hydrogens (tertiary/aromatic N) is 1. The number of fused-ring (bicyclic) bond motifs is 2. The van der Waals surface area contributed by atoms with Gasteiger partial charge in [0.1, 0.15) is 5.56 Å². The van der Waals surface area contributed by atoms with Crippen molar-refractivity contribution in [3.63, 3.8) is 0 Å². The zero-order valence-corrected chi connectivity index (χ0v) is 14.9. The maximum atomic E-state index is 12.9. The molecule has 1 aliphatic carbocycles. The van der Waals surface area contributed by atoms with Crippen LogP contribution in [0.1, 0.15) is 47.3 Å². The molecule has 2 aromatic carbocycles. The molecule has 4 nitrogen and oxygen atoms in total. The predicted molar refractivity (Wildman–Crippen MR) is 103 cm³/mol. The fraction of sp³-hybridized carbons (Fsp3) is 0.273. The van der Waals surface area contributed by atoms with Gasteiger partial charge < -0.3 is 9.88 Å². The lowest BCUT2D eigenvalue weighted by Crippen LogP contribution is -2.34. The molecule has 132 valence electrons. The second kappa shape index (κ2) is 6.79. The third-order valence-corrected chi connectivity index (χ3v) is 5.25. The van der Waals surface area contributed by atoms with Crippen LogP contribution in [0.3, 0.4) is 0 Å². The van der Waals surface area contributed by atoms with Crippen LogP contribution in [0.4, 0.5) is 0 Å². The molecule has 1 aromatic heterocycles. The van der Waals surface area contributed by atoms with E-state index in [4.69, 9.17) is 0 Å². The van der Waals surface area contributed by atoms with E-state index in [-0.39, 0.29) is 22.9 Å². The molecule has 3 aromatic rings. The van der Waals surface area contributed by atoms with E-state index in [1.807, 2.05) is 41.8 Å². The zero-order chi connectivity index (χ0) is 18.1. The van der Waals surface area contributed by atoms with Gasteiger partial charge in [-0.2, -0.15) is 0 Å². The summed E-state index contributed by atoms with van der Waals surface area (Å²) < 4.78 is 1.96. The van der Waals surface area contributed by atoms with Gasteiger partial charge in [0.15, 0.2) is 0 Å². The minimum Gasteiger partial charge on any atom is -0.347 e. The normalized spacial score (nSPS) is 16.3. The first-order chi connectivity index (χ1) is 12.7. The molecule has 0 bridgehead atoms. The monoisotopic (exact) mass is 346 g/mol. The average Bonchev–Trinajstić information content (AvgIpc) is 2.69. The van der Waals surface area contributed by atoms with Crippen LogP contribution < -0.4 is 10.7 Å². The number of carbonyl (C=O) groups is 1. The van der Waals surface area contributed by atoms with Crippen molar-refractivity contribution in [1.29, 1.82) is 0 Å². The molecule has 26 heavy (non-hydrogen) atoms. The SMILES string of the molecule is CCn1cc(C(=O)N[C@H]2CCCc3ccccc32)c(=O)c2ccccc21. The van der Waals surface area contributed by atoms with Crippen LogP contribution >= 0.6 is 0 Å². The van der Waals surface area contributed by atoms with E-state index >= 15 is 0 Å². The van der Waals surface area contributed by atoms with Crippen molar-refractivity contribution in [3.8, 4) is 0 Å². The summed E-state index contributed by atoms with van der Waals surface area (Å²) in [5, 5.41) is 3.68. The van der Waals surface area contributed by atoms with Crippen molar-refractivity contribution < 1.29 is 4.79 Å². The Balaban J connectivity index is 1.72. The molecule has 0 radical (unpaired) electrons. The summed E-state index contributed by atoms with van der Waals surface area (Å²) in [5.74, 6) is -0.287. The number of aromatic nitrogens is 1. The molecule has 0 aliphatic heterocycles. The summed E-state index contributed by atoms with van der Waals surface area (Å²) >= 11 is 0. The lowest BCUT2D eigenvalue weighted by molar-refractivity contribution is 0.0931. The maximum absolute atomic E-state index is 12.9. The summed E-state index contributed by atoms with van der Waals surface area (Å²) in [5.41, 5.74) is 3.33. The van der Waals surface area contributed by atoms with Crippen LogP contribution in [0.2, 0.25) is 0 Å². The largest absolute Gasteiger partial charge is 0.347 e. The average molecular weight is 346 g/mol. The quantitative estimate of drug-likeness (QED) is 0.784. The van der Waals surface area contributed by atoms with E-state index in [2.05, 4.69) is 17.4 Å². The molecule has 4 rings (SSSR count). The Morgan fingerprint density at radius 2 is 1.92 bits per heavy atom. The number of hydrogen-bond donors (Lipinski definition) is 1. The number of carbonyl (C=O) groups excluding carboxylic acids is 1. The molecule has 0 saturated carbocycles. The van der Waals surface area contributed by atoms with Gasteiger partial charge in [-0.3, -0.25) is 9.59 Å². The van der Waals surface area contributed by atoms with Gasteiger partial charge in [0.2, 0.25) is 5.43 Å². The number of para-hydroxylation sites is 1. The molecule has 1 heterocycles. The Labute approximate surface area is 152 Å². The van der Waals surface area contributed by atoms with Gasteiger partial charge in [-0.05, 0) is 49.4 Å². The second-order valence-corrected chi connectivity index (χ2v) is 6.79. The van der Waals surface area contributed by atoms with E-state index in [9.17, 15) is 9.59 Å². The first-order valence-electron chi connectivity index (χ1n) is 9.20. The van der Waals surface area contributed by atoms with Gasteiger partial charge in [-0.25, -0.2) is 0 Å². The molecule has 0 fully saturated rings. The van der Waals surface area contributed by atoms with Crippen molar-refractivity contribution >= 4 is 16.8 Å². The molecule has 0 saturated heterocycles. The van der Waals surface area contributed by atoms with Crippen LogP contribution in [-0.2, 0) is 13.0 Å². The summed E-state index contributed by atoms with van der Waals surface area (Å²) in [4.78, 5) is 25.8. The van der Waals surface area contributed by atoms with E-state index in [0.717, 1.165) is 24.8 Å². The van der Waals surface area contributed by atoms with Gasteiger partial charge >= 0.3 is 0 Å². The van der Waals surface area contributed by atoms with Crippen LogP contribution in [0.25, 0.3) is 10.9 Å². The third kappa shape index (κ3) is 2.81. The van der Waals surface area contributed by atoms with Crippen molar-refractivity contribution in [2.75, 3.05) is 0 Å². The van der Waals surface area contributed by atoms with Crippen molar-refractivity contribution in [3.05, 3.63) is 81.6 Å². The lowest BCUT2D eigenvalue weighted by atomic mass is 9.87. The molecule has 0 spiro atoms. The van der Waals surface area contributed by atoms with Gasteiger partial charge in [0.25, 0.3) is 5.91 Å². The van der Waals surface area contributed by atoms with Gasteiger partial charge in [0.05, 0.1) is 11.6 Å². The standard InChI is InChI=1S/C22H22N2O2/c1-2-24-14-18(21(25)17-11-5-6-13-20(17)24)22(26)23-19-12-7-9-15-8-3-4-10-16(15)19/h3-6,8,10-11,13-14,19H,2,7,9,12H2,1H3,(H,23,26)/t19-/m0/s1. The molecular weight excluding hydrogens is 324 g/mol. The zero-order valence-electron chi connectivity index (χ0n) is 14.9. The highest BCUT2D eigenvalue weighted by Gasteiger charge is 2.23. The smallest absolute Gasteiger partial charge is 0.257 e. The molecule has 1 aliphatic rings. The third-order valence-electron chi connectivity index (χ3n) is 5.25. The topological polar surface area (TPSA) is 51.1 Å². The fourth-order valence-electron chi connectivity index (χ4n) is 3.91. The molecular formula is C22H22N2O2. The van der Waals surface area contributed by atoms with Crippen LogP contribution in [0, 0.1) is 0 Å². The number of amides is 1. The predicted octanol–water partition coefficient (Wildman–Crippen LogP) is 3.83. The van der Waals surface area contributed by atoms with Gasteiger partial charge in [0, 0.05) is 18.1 Å². The molecule has 0 unspecified atom stereocenters. The van der Waals surface area contributed by atoms with Crippen molar-refractivity contribution in [1.82, 2.24) is 9.88 Å². The lowest BCUT2D eigenvalue weighted by Gasteiger charge is -2.26. The molecule has 4 heteroatoms. The molecule has 1 N–H and O–H groups in total. The fourth-order valence-corrected chi connectivity index (χ4v) is 3.91. The first kappa shape index (κ1) is 16.6. The van der Waals surface area contributed by atoms with Gasteiger partial charge in [-0.1, -0.05) is 36.4 Å². The Kier molecular flexibility index (Phi) is 4.33. The number of hydrogen-bond acceptors (Lipinski definition) is 2. The highest BCUT2D eigenvalue weighted by molar-refractivity contribution is 5.97. The Morgan fingerprint density at radius 3 is 2.77 bits per heavy atom. The molecule has 1 atom stereocenters. The minimum absolute atomic E-state index is 0.0339. The van der Waals surface area contributed by atoms with Crippen molar-refractivity contribution in [2.45, 2.75) is 38.8 Å². The van der Waals surface area contributed by atoms with Crippen LogP contribution in [0.15, 0.2) is 59.5 Å². The van der Waals surface area contributed by atoms with Crippen LogP contribution in [0.5, 0.6) is 0 Å². The first-order valence-corrected chi connectivity index (χ1v) is 9.20. The van der Waals surface area contributed by atoms with Crippen LogP contribution in [-0.4, -0.2) is 10.5 Å². The Hall–Kier alpha value is -2.88. The Morgan fingerprint density at radius 1 is 1.15 bits per heavy atom. The minimum atomic E-state index is -0.287. The summed E-state index contributed by atoms with van der Waals surface area (Å²) in [6.07, 6.45) is 4.67. The summed E-state index contributed by atoms with van der Waals surface area (Å²) in [6, 6.07) is 15.6. The number of benzene rings is 2.